The van der Waals surface area contributed by atoms with Gasteiger partial charge in [0.15, 0.2) is 0 Å². The van der Waals surface area contributed by atoms with Gasteiger partial charge in [0.25, 0.3) is 0 Å². The summed E-state index contributed by atoms with van der Waals surface area (Å²) in [5.74, 6) is 0.711. The third-order valence-corrected chi connectivity index (χ3v) is 3.25. The molecule has 0 aliphatic heterocycles. The highest BCUT2D eigenvalue weighted by atomic mass is 35.5. The van der Waals surface area contributed by atoms with E-state index >= 15 is 0 Å². The van der Waals surface area contributed by atoms with E-state index in [9.17, 15) is 0 Å². The van der Waals surface area contributed by atoms with Crippen LogP contribution in [0.25, 0.3) is 0 Å². The van der Waals surface area contributed by atoms with Gasteiger partial charge in [-0.25, -0.2) is 0 Å². The summed E-state index contributed by atoms with van der Waals surface area (Å²) in [5.41, 5.74) is 2.37. The Kier molecular flexibility index (Phi) is 5.00. The van der Waals surface area contributed by atoms with E-state index in [4.69, 9.17) is 26.3 Å². The standard InChI is InChI=1S/C16H14ClNO2/c1-19-16-7-6-12(9-18)8-14(16)11-20-10-13-4-2-3-5-15(13)17/h2-8H,10-11H2,1H3. The SMILES string of the molecule is COc1ccc(C#N)cc1COCc1ccccc1Cl. The van der Waals surface area contributed by atoms with Crippen LogP contribution in [0.5, 0.6) is 5.75 Å². The van der Waals surface area contributed by atoms with Crippen LogP contribution in [0, 0.1) is 11.3 Å². The normalized spacial score (nSPS) is 10.1. The summed E-state index contributed by atoms with van der Waals surface area (Å²) in [6.07, 6.45) is 0. The first-order chi connectivity index (χ1) is 9.74. The molecule has 0 radical (unpaired) electrons. The molecule has 0 atom stereocenters. The second-order valence-corrected chi connectivity index (χ2v) is 4.63. The Morgan fingerprint density at radius 2 is 1.85 bits per heavy atom. The molecule has 2 aromatic carbocycles. The Labute approximate surface area is 123 Å². The van der Waals surface area contributed by atoms with Crippen molar-refractivity contribution >= 4 is 11.6 Å². The average molecular weight is 288 g/mol. The van der Waals surface area contributed by atoms with Gasteiger partial charge in [-0.3, -0.25) is 0 Å². The van der Waals surface area contributed by atoms with Crippen LogP contribution < -0.4 is 4.74 Å². The van der Waals surface area contributed by atoms with Gasteiger partial charge in [0.1, 0.15) is 5.75 Å². The molecule has 0 unspecified atom stereocenters. The molecule has 0 heterocycles. The average Bonchev–Trinajstić information content (AvgIpc) is 2.49. The Hall–Kier alpha value is -2.02. The van der Waals surface area contributed by atoms with Gasteiger partial charge in [-0.05, 0) is 29.8 Å². The van der Waals surface area contributed by atoms with E-state index in [-0.39, 0.29) is 0 Å². The monoisotopic (exact) mass is 287 g/mol. The molecule has 0 aliphatic rings. The topological polar surface area (TPSA) is 42.2 Å². The Balaban J connectivity index is 2.04. The van der Waals surface area contributed by atoms with E-state index in [1.54, 1.807) is 25.3 Å². The van der Waals surface area contributed by atoms with E-state index in [1.807, 2.05) is 24.3 Å². The number of hydrogen-bond donors (Lipinski definition) is 0. The summed E-state index contributed by atoms with van der Waals surface area (Å²) in [4.78, 5) is 0. The van der Waals surface area contributed by atoms with Crippen molar-refractivity contribution in [3.63, 3.8) is 0 Å². The minimum atomic E-state index is 0.365. The highest BCUT2D eigenvalue weighted by Crippen LogP contribution is 2.22. The quantitative estimate of drug-likeness (QED) is 0.836. The van der Waals surface area contributed by atoms with Gasteiger partial charge in [0.2, 0.25) is 0 Å². The molecule has 2 rings (SSSR count). The Morgan fingerprint density at radius 3 is 2.55 bits per heavy atom. The Morgan fingerprint density at radius 1 is 1.10 bits per heavy atom. The predicted molar refractivity (Wildman–Crippen MR) is 77.7 cm³/mol. The lowest BCUT2D eigenvalue weighted by Gasteiger charge is -2.10. The van der Waals surface area contributed by atoms with Crippen LogP contribution >= 0.6 is 11.6 Å². The van der Waals surface area contributed by atoms with Crippen molar-refractivity contribution in [1.82, 2.24) is 0 Å². The first-order valence-electron chi connectivity index (χ1n) is 6.12. The number of nitriles is 1. The molecular weight excluding hydrogens is 274 g/mol. The summed E-state index contributed by atoms with van der Waals surface area (Å²) >= 11 is 6.06. The van der Waals surface area contributed by atoms with Crippen LogP contribution in [0.1, 0.15) is 16.7 Å². The van der Waals surface area contributed by atoms with Crippen LogP contribution in [0.2, 0.25) is 5.02 Å². The van der Waals surface area contributed by atoms with Crippen molar-refractivity contribution in [2.24, 2.45) is 0 Å². The molecule has 2 aromatic rings. The van der Waals surface area contributed by atoms with Crippen LogP contribution in [0.3, 0.4) is 0 Å². The number of benzene rings is 2. The van der Waals surface area contributed by atoms with Crippen molar-refractivity contribution < 1.29 is 9.47 Å². The van der Waals surface area contributed by atoms with Crippen molar-refractivity contribution in [2.45, 2.75) is 13.2 Å². The molecule has 4 heteroatoms. The maximum atomic E-state index is 8.92. The summed E-state index contributed by atoms with van der Waals surface area (Å²) in [6.45, 7) is 0.781. The third kappa shape index (κ3) is 3.51. The molecule has 0 amide bonds. The molecule has 0 N–H and O–H groups in total. The van der Waals surface area contributed by atoms with Gasteiger partial charge < -0.3 is 9.47 Å². The number of methoxy groups -OCH3 is 1. The second-order valence-electron chi connectivity index (χ2n) is 4.22. The highest BCUT2D eigenvalue weighted by Gasteiger charge is 2.06. The predicted octanol–water partition coefficient (Wildman–Crippen LogP) is 3.94. The lowest BCUT2D eigenvalue weighted by atomic mass is 10.1. The zero-order chi connectivity index (χ0) is 14.4. The van der Waals surface area contributed by atoms with Gasteiger partial charge >= 0.3 is 0 Å². The van der Waals surface area contributed by atoms with Crippen LogP contribution in [-0.4, -0.2) is 7.11 Å². The molecule has 0 fully saturated rings. The summed E-state index contributed by atoms with van der Waals surface area (Å²) < 4.78 is 10.9. The molecule has 3 nitrogen and oxygen atoms in total. The first kappa shape index (κ1) is 14.4. The molecule has 102 valence electrons. The molecule has 0 saturated carbocycles. The van der Waals surface area contributed by atoms with Gasteiger partial charge in [-0.1, -0.05) is 29.8 Å². The summed E-state index contributed by atoms with van der Waals surface area (Å²) in [5, 5.41) is 9.60. The van der Waals surface area contributed by atoms with E-state index in [0.29, 0.717) is 29.5 Å². The second kappa shape index (κ2) is 6.95. The number of hydrogen-bond acceptors (Lipinski definition) is 3. The van der Waals surface area contributed by atoms with Crippen LogP contribution in [-0.2, 0) is 18.0 Å². The lowest BCUT2D eigenvalue weighted by molar-refractivity contribution is 0.105. The molecule has 0 spiro atoms. The van der Waals surface area contributed by atoms with E-state index < -0.39 is 0 Å². The zero-order valence-corrected chi connectivity index (χ0v) is 11.9. The number of rotatable bonds is 5. The summed E-state index contributed by atoms with van der Waals surface area (Å²) in [7, 11) is 1.60. The van der Waals surface area contributed by atoms with Crippen molar-refractivity contribution in [1.29, 1.82) is 5.26 Å². The fourth-order valence-electron chi connectivity index (χ4n) is 1.85. The minimum absolute atomic E-state index is 0.365. The van der Waals surface area contributed by atoms with Crippen molar-refractivity contribution in [3.05, 3.63) is 64.2 Å². The van der Waals surface area contributed by atoms with Crippen LogP contribution in [0.4, 0.5) is 0 Å². The van der Waals surface area contributed by atoms with E-state index in [2.05, 4.69) is 6.07 Å². The lowest BCUT2D eigenvalue weighted by Crippen LogP contribution is -1.98. The molecule has 0 saturated heterocycles. The zero-order valence-electron chi connectivity index (χ0n) is 11.1. The number of halogens is 1. The molecule has 0 bridgehead atoms. The highest BCUT2D eigenvalue weighted by molar-refractivity contribution is 6.31. The van der Waals surface area contributed by atoms with Crippen molar-refractivity contribution in [3.8, 4) is 11.8 Å². The number of nitrogens with zero attached hydrogens (tertiary/aromatic N) is 1. The molecule has 0 aromatic heterocycles. The van der Waals surface area contributed by atoms with Gasteiger partial charge in [0.05, 0.1) is 32.0 Å². The minimum Gasteiger partial charge on any atom is -0.496 e. The fraction of sp³-hybridized carbons (Fsp3) is 0.188. The van der Waals surface area contributed by atoms with Crippen molar-refractivity contribution in [2.75, 3.05) is 7.11 Å². The van der Waals surface area contributed by atoms with Gasteiger partial charge in [-0.2, -0.15) is 5.26 Å². The molecule has 20 heavy (non-hydrogen) atoms. The Bertz CT molecular complexity index is 635. The van der Waals surface area contributed by atoms with Gasteiger partial charge in [0, 0.05) is 10.6 Å². The van der Waals surface area contributed by atoms with E-state index in [1.165, 1.54) is 0 Å². The first-order valence-corrected chi connectivity index (χ1v) is 6.50. The van der Waals surface area contributed by atoms with Gasteiger partial charge in [-0.15, -0.1) is 0 Å². The summed E-state index contributed by atoms with van der Waals surface area (Å²) in [6, 6.07) is 14.9. The van der Waals surface area contributed by atoms with Crippen LogP contribution in [0.15, 0.2) is 42.5 Å². The largest absolute Gasteiger partial charge is 0.496 e. The maximum absolute atomic E-state index is 8.92. The molecule has 0 aliphatic carbocycles. The number of ether oxygens (including phenoxy) is 2. The van der Waals surface area contributed by atoms with E-state index in [0.717, 1.165) is 11.1 Å². The maximum Gasteiger partial charge on any atom is 0.124 e. The smallest absolute Gasteiger partial charge is 0.124 e. The fourth-order valence-corrected chi connectivity index (χ4v) is 2.04. The molecular formula is C16H14ClNO2. The third-order valence-electron chi connectivity index (χ3n) is 2.88.